The van der Waals surface area contributed by atoms with E-state index in [0.29, 0.717) is 6.42 Å². The van der Waals surface area contributed by atoms with Gasteiger partial charge in [0, 0.05) is 6.42 Å². The predicted octanol–water partition coefficient (Wildman–Crippen LogP) is 2.71. The molecular weight excluding hydrogens is 184 g/mol. The number of nitrogens with two attached hydrogens (primary N) is 1. The largest absolute Gasteiger partial charge is 0.388 e. The Hall–Kier alpha value is -1.83. The molecule has 76 valence electrons. The maximum absolute atomic E-state index is 7.23. The van der Waals surface area contributed by atoms with Gasteiger partial charge in [0.2, 0.25) is 0 Å². The average molecular weight is 198 g/mol. The maximum atomic E-state index is 7.23. The Labute approximate surface area is 89.2 Å². The predicted molar refractivity (Wildman–Crippen MR) is 64.2 cm³/mol. The SMILES string of the molecule is N=C(N)CCc1cccc2ccccc12. The number of benzene rings is 2. The van der Waals surface area contributed by atoms with Gasteiger partial charge in [-0.3, -0.25) is 5.41 Å². The number of aryl methyl sites for hydroxylation is 1. The molecule has 0 saturated heterocycles. The molecule has 0 aromatic heterocycles. The lowest BCUT2D eigenvalue weighted by Gasteiger charge is -2.05. The van der Waals surface area contributed by atoms with Crippen molar-refractivity contribution in [1.29, 1.82) is 5.41 Å². The van der Waals surface area contributed by atoms with Gasteiger partial charge < -0.3 is 5.73 Å². The third-order valence-electron chi connectivity index (χ3n) is 2.54. The summed E-state index contributed by atoms with van der Waals surface area (Å²) in [6, 6.07) is 14.6. The van der Waals surface area contributed by atoms with Crippen LogP contribution in [0.25, 0.3) is 10.8 Å². The minimum atomic E-state index is 0.253. The van der Waals surface area contributed by atoms with Gasteiger partial charge in [-0.05, 0) is 22.8 Å². The quantitative estimate of drug-likeness (QED) is 0.578. The molecule has 0 saturated carbocycles. The standard InChI is InChI=1S/C13H14N2/c14-13(15)9-8-11-6-3-5-10-4-1-2-7-12(10)11/h1-7H,8-9H2,(H3,14,15). The van der Waals surface area contributed by atoms with Gasteiger partial charge in [-0.25, -0.2) is 0 Å². The van der Waals surface area contributed by atoms with Crippen molar-refractivity contribution in [3.05, 3.63) is 48.0 Å². The topological polar surface area (TPSA) is 49.9 Å². The summed E-state index contributed by atoms with van der Waals surface area (Å²) in [5, 5.41) is 9.74. The molecule has 0 radical (unpaired) electrons. The molecule has 0 spiro atoms. The van der Waals surface area contributed by atoms with Crippen LogP contribution in [0.4, 0.5) is 0 Å². The van der Waals surface area contributed by atoms with E-state index in [9.17, 15) is 0 Å². The van der Waals surface area contributed by atoms with E-state index in [1.54, 1.807) is 0 Å². The van der Waals surface area contributed by atoms with E-state index in [2.05, 4.69) is 30.3 Å². The summed E-state index contributed by atoms with van der Waals surface area (Å²) in [5.41, 5.74) is 6.63. The van der Waals surface area contributed by atoms with Crippen molar-refractivity contribution in [2.24, 2.45) is 5.73 Å². The van der Waals surface area contributed by atoms with E-state index in [4.69, 9.17) is 11.1 Å². The first-order chi connectivity index (χ1) is 7.27. The number of fused-ring (bicyclic) bond motifs is 1. The first-order valence-corrected chi connectivity index (χ1v) is 5.07. The Morgan fingerprint density at radius 2 is 1.80 bits per heavy atom. The Bertz CT molecular complexity index is 483. The van der Waals surface area contributed by atoms with Crippen LogP contribution in [0, 0.1) is 5.41 Å². The molecule has 3 N–H and O–H groups in total. The molecule has 0 fully saturated rings. The Morgan fingerprint density at radius 1 is 1.07 bits per heavy atom. The van der Waals surface area contributed by atoms with Gasteiger partial charge in [-0.15, -0.1) is 0 Å². The molecule has 0 bridgehead atoms. The number of hydrogen-bond acceptors (Lipinski definition) is 1. The number of amidine groups is 1. The highest BCUT2D eigenvalue weighted by atomic mass is 14.7. The summed E-state index contributed by atoms with van der Waals surface area (Å²) in [6.07, 6.45) is 1.48. The second kappa shape index (κ2) is 4.13. The summed E-state index contributed by atoms with van der Waals surface area (Å²) in [7, 11) is 0. The van der Waals surface area contributed by atoms with E-state index in [1.807, 2.05) is 12.1 Å². The van der Waals surface area contributed by atoms with Gasteiger partial charge in [0.25, 0.3) is 0 Å². The van der Waals surface area contributed by atoms with Crippen LogP contribution in [0.1, 0.15) is 12.0 Å². The molecule has 0 aliphatic rings. The minimum absolute atomic E-state index is 0.253. The molecular formula is C13H14N2. The molecule has 2 aromatic rings. The highest BCUT2D eigenvalue weighted by molar-refractivity contribution is 5.86. The van der Waals surface area contributed by atoms with Gasteiger partial charge in [-0.2, -0.15) is 0 Å². The van der Waals surface area contributed by atoms with Crippen molar-refractivity contribution >= 4 is 16.6 Å². The van der Waals surface area contributed by atoms with E-state index in [-0.39, 0.29) is 5.84 Å². The zero-order valence-corrected chi connectivity index (χ0v) is 8.53. The van der Waals surface area contributed by atoms with E-state index in [0.717, 1.165) is 6.42 Å². The van der Waals surface area contributed by atoms with Crippen LogP contribution in [0.15, 0.2) is 42.5 Å². The monoisotopic (exact) mass is 198 g/mol. The second-order valence-corrected chi connectivity index (χ2v) is 3.66. The van der Waals surface area contributed by atoms with E-state index < -0.39 is 0 Å². The van der Waals surface area contributed by atoms with Crippen molar-refractivity contribution in [2.75, 3.05) is 0 Å². The molecule has 15 heavy (non-hydrogen) atoms. The van der Waals surface area contributed by atoms with Crippen molar-refractivity contribution < 1.29 is 0 Å². The fourth-order valence-electron chi connectivity index (χ4n) is 1.78. The lowest BCUT2D eigenvalue weighted by atomic mass is 10.0. The van der Waals surface area contributed by atoms with Crippen molar-refractivity contribution in [3.63, 3.8) is 0 Å². The molecule has 2 rings (SSSR count). The fraction of sp³-hybridized carbons (Fsp3) is 0.154. The first kappa shape index (κ1) is 9.71. The van der Waals surface area contributed by atoms with Crippen LogP contribution >= 0.6 is 0 Å². The summed E-state index contributed by atoms with van der Waals surface area (Å²) in [5.74, 6) is 0.253. The molecule has 2 nitrogen and oxygen atoms in total. The highest BCUT2D eigenvalue weighted by Gasteiger charge is 2.00. The van der Waals surface area contributed by atoms with Crippen molar-refractivity contribution in [3.8, 4) is 0 Å². The summed E-state index contributed by atoms with van der Waals surface area (Å²) in [4.78, 5) is 0. The summed E-state index contributed by atoms with van der Waals surface area (Å²) >= 11 is 0. The molecule has 2 heteroatoms. The van der Waals surface area contributed by atoms with Crippen LogP contribution < -0.4 is 5.73 Å². The van der Waals surface area contributed by atoms with Crippen LogP contribution in [-0.4, -0.2) is 5.84 Å². The van der Waals surface area contributed by atoms with Gasteiger partial charge in [0.1, 0.15) is 0 Å². The molecule has 0 heterocycles. The summed E-state index contributed by atoms with van der Waals surface area (Å²) in [6.45, 7) is 0. The Kier molecular flexibility index (Phi) is 2.68. The molecule has 0 aliphatic carbocycles. The van der Waals surface area contributed by atoms with Gasteiger partial charge in [0.05, 0.1) is 5.84 Å². The fourth-order valence-corrected chi connectivity index (χ4v) is 1.78. The molecule has 0 amide bonds. The smallest absolute Gasteiger partial charge is 0.0908 e. The normalized spacial score (nSPS) is 10.4. The zero-order chi connectivity index (χ0) is 10.7. The van der Waals surface area contributed by atoms with Crippen LogP contribution in [0.5, 0.6) is 0 Å². The Balaban J connectivity index is 2.38. The third-order valence-corrected chi connectivity index (χ3v) is 2.54. The molecule has 0 aliphatic heterocycles. The Morgan fingerprint density at radius 3 is 2.60 bits per heavy atom. The van der Waals surface area contributed by atoms with Crippen LogP contribution in [0.2, 0.25) is 0 Å². The van der Waals surface area contributed by atoms with Gasteiger partial charge in [0.15, 0.2) is 0 Å². The van der Waals surface area contributed by atoms with Crippen molar-refractivity contribution in [1.82, 2.24) is 0 Å². The highest BCUT2D eigenvalue weighted by Crippen LogP contribution is 2.19. The molecule has 0 atom stereocenters. The van der Waals surface area contributed by atoms with E-state index in [1.165, 1.54) is 16.3 Å². The van der Waals surface area contributed by atoms with E-state index >= 15 is 0 Å². The average Bonchev–Trinajstić information content (AvgIpc) is 2.26. The first-order valence-electron chi connectivity index (χ1n) is 5.07. The van der Waals surface area contributed by atoms with Crippen molar-refractivity contribution in [2.45, 2.75) is 12.8 Å². The lowest BCUT2D eigenvalue weighted by Crippen LogP contribution is -2.10. The minimum Gasteiger partial charge on any atom is -0.388 e. The van der Waals surface area contributed by atoms with Gasteiger partial charge in [-0.1, -0.05) is 42.5 Å². The van der Waals surface area contributed by atoms with Gasteiger partial charge >= 0.3 is 0 Å². The zero-order valence-electron chi connectivity index (χ0n) is 8.53. The number of hydrogen-bond donors (Lipinski definition) is 2. The van der Waals surface area contributed by atoms with Crippen LogP contribution in [-0.2, 0) is 6.42 Å². The number of nitrogens with one attached hydrogen (secondary N) is 1. The lowest BCUT2D eigenvalue weighted by molar-refractivity contribution is 1.03. The third kappa shape index (κ3) is 2.15. The molecule has 0 unspecified atom stereocenters. The molecule has 2 aromatic carbocycles. The second-order valence-electron chi connectivity index (χ2n) is 3.66. The summed E-state index contributed by atoms with van der Waals surface area (Å²) < 4.78 is 0. The van der Waals surface area contributed by atoms with Crippen LogP contribution in [0.3, 0.4) is 0 Å². The number of rotatable bonds is 3. The maximum Gasteiger partial charge on any atom is 0.0908 e.